The maximum Gasteiger partial charge on any atom is 0.191 e. The Bertz CT molecular complexity index is 671. The van der Waals surface area contributed by atoms with Crippen molar-refractivity contribution < 1.29 is 0 Å². The first-order valence-electron chi connectivity index (χ1n) is 8.15. The number of anilines is 1. The summed E-state index contributed by atoms with van der Waals surface area (Å²) in [5.41, 5.74) is 0.953. The lowest BCUT2D eigenvalue weighted by Gasteiger charge is -2.13. The Morgan fingerprint density at radius 2 is 2.08 bits per heavy atom. The van der Waals surface area contributed by atoms with E-state index in [2.05, 4.69) is 39.4 Å². The van der Waals surface area contributed by atoms with Gasteiger partial charge in [-0.05, 0) is 26.0 Å². The Morgan fingerprint density at radius 3 is 2.72 bits per heavy atom. The number of aryl methyl sites for hydroxylation is 1. The van der Waals surface area contributed by atoms with Crippen LogP contribution in [0.15, 0.2) is 29.4 Å². The summed E-state index contributed by atoms with van der Waals surface area (Å²) in [6.45, 7) is 6.33. The second-order valence-corrected chi connectivity index (χ2v) is 6.94. The second kappa shape index (κ2) is 11.2. The third-order valence-corrected chi connectivity index (χ3v) is 4.27. The quantitative estimate of drug-likeness (QED) is 0.367. The molecule has 0 aromatic carbocycles. The summed E-state index contributed by atoms with van der Waals surface area (Å²) < 4.78 is 0. The van der Waals surface area contributed by atoms with Crippen LogP contribution in [0.4, 0.5) is 5.82 Å². The van der Waals surface area contributed by atoms with Gasteiger partial charge in [-0.2, -0.15) is 0 Å². The number of hydrogen-bond acceptors (Lipinski definition) is 5. The molecular weight excluding hydrogens is 447 g/mol. The molecule has 0 fully saturated rings. The van der Waals surface area contributed by atoms with E-state index in [9.17, 15) is 0 Å². The molecule has 0 aliphatic heterocycles. The van der Waals surface area contributed by atoms with Crippen LogP contribution in [-0.4, -0.2) is 43.1 Å². The van der Waals surface area contributed by atoms with Crippen LogP contribution in [0.2, 0.25) is 0 Å². The summed E-state index contributed by atoms with van der Waals surface area (Å²) in [6, 6.07) is 6.00. The van der Waals surface area contributed by atoms with Crippen LogP contribution >= 0.6 is 35.3 Å². The van der Waals surface area contributed by atoms with E-state index < -0.39 is 0 Å². The third-order valence-electron chi connectivity index (χ3n) is 3.29. The van der Waals surface area contributed by atoms with E-state index in [4.69, 9.17) is 0 Å². The number of nitrogens with one attached hydrogen (secondary N) is 2. The van der Waals surface area contributed by atoms with Gasteiger partial charge in [-0.3, -0.25) is 0 Å². The third kappa shape index (κ3) is 7.55. The second-order valence-electron chi connectivity index (χ2n) is 5.62. The smallest absolute Gasteiger partial charge is 0.191 e. The van der Waals surface area contributed by atoms with Gasteiger partial charge >= 0.3 is 0 Å². The highest BCUT2D eigenvalue weighted by Gasteiger charge is 2.02. The average molecular weight is 474 g/mol. The molecule has 2 rings (SSSR count). The molecule has 2 aromatic heterocycles. The summed E-state index contributed by atoms with van der Waals surface area (Å²) in [4.78, 5) is 16.8. The number of thiazole rings is 1. The molecule has 2 heterocycles. The summed E-state index contributed by atoms with van der Waals surface area (Å²) in [5, 5.41) is 7.77. The van der Waals surface area contributed by atoms with Gasteiger partial charge in [-0.15, -0.1) is 35.3 Å². The summed E-state index contributed by atoms with van der Waals surface area (Å²) in [6.07, 6.45) is 2.82. The first kappa shape index (κ1) is 21.6. The minimum Gasteiger partial charge on any atom is -0.363 e. The van der Waals surface area contributed by atoms with Gasteiger partial charge in [-0.1, -0.05) is 6.07 Å². The number of aliphatic imine (C=N–C) groups is 1. The van der Waals surface area contributed by atoms with Crippen molar-refractivity contribution in [2.45, 2.75) is 26.8 Å². The predicted molar refractivity (Wildman–Crippen MR) is 117 cm³/mol. The molecule has 0 aliphatic rings. The van der Waals surface area contributed by atoms with Crippen molar-refractivity contribution in [3.8, 4) is 0 Å². The lowest BCUT2D eigenvalue weighted by molar-refractivity contribution is 0.793. The number of rotatable bonds is 7. The van der Waals surface area contributed by atoms with Crippen molar-refractivity contribution >= 4 is 47.1 Å². The molecule has 6 nitrogen and oxygen atoms in total. The fourth-order valence-electron chi connectivity index (χ4n) is 2.11. The van der Waals surface area contributed by atoms with Gasteiger partial charge in [0.15, 0.2) is 5.96 Å². The van der Waals surface area contributed by atoms with Crippen LogP contribution in [0.5, 0.6) is 0 Å². The van der Waals surface area contributed by atoms with E-state index in [0.717, 1.165) is 42.0 Å². The SMILES string of the molecule is CCNC(=NCc1cccc(N(C)C)n1)NCCc1ncc(C)s1.I. The molecule has 0 amide bonds. The number of halogens is 1. The Kier molecular flexibility index (Phi) is 9.73. The molecule has 138 valence electrons. The van der Waals surface area contributed by atoms with Crippen LogP contribution in [-0.2, 0) is 13.0 Å². The lowest BCUT2D eigenvalue weighted by Crippen LogP contribution is -2.38. The number of aromatic nitrogens is 2. The van der Waals surface area contributed by atoms with Crippen molar-refractivity contribution in [1.82, 2.24) is 20.6 Å². The van der Waals surface area contributed by atoms with Crippen molar-refractivity contribution in [2.75, 3.05) is 32.1 Å². The molecule has 2 aromatic rings. The van der Waals surface area contributed by atoms with Gasteiger partial charge < -0.3 is 15.5 Å². The van der Waals surface area contributed by atoms with Gasteiger partial charge in [-0.25, -0.2) is 15.0 Å². The van der Waals surface area contributed by atoms with E-state index in [1.165, 1.54) is 4.88 Å². The van der Waals surface area contributed by atoms with E-state index in [1.807, 2.05) is 43.4 Å². The minimum atomic E-state index is 0. The number of guanidine groups is 1. The van der Waals surface area contributed by atoms with Crippen LogP contribution in [0.25, 0.3) is 0 Å². The van der Waals surface area contributed by atoms with Crippen LogP contribution in [0.1, 0.15) is 22.5 Å². The predicted octanol–water partition coefficient (Wildman–Crippen LogP) is 2.83. The molecule has 0 aliphatic carbocycles. The summed E-state index contributed by atoms with van der Waals surface area (Å²) >= 11 is 1.74. The monoisotopic (exact) mass is 474 g/mol. The van der Waals surface area contributed by atoms with Crippen molar-refractivity contribution in [1.29, 1.82) is 0 Å². The molecular formula is C17H27IN6S. The maximum absolute atomic E-state index is 4.62. The van der Waals surface area contributed by atoms with Gasteiger partial charge in [0.25, 0.3) is 0 Å². The standard InChI is InChI=1S/C17H26N6S.HI/c1-5-18-17(19-10-9-16-20-11-13(2)24-16)21-12-14-7-6-8-15(22-14)23(3)4;/h6-8,11H,5,9-10,12H2,1-4H3,(H2,18,19,21);1H. The zero-order valence-corrected chi connectivity index (χ0v) is 18.4. The van der Waals surface area contributed by atoms with Crippen molar-refractivity contribution in [3.05, 3.63) is 40.0 Å². The first-order valence-corrected chi connectivity index (χ1v) is 8.97. The van der Waals surface area contributed by atoms with Crippen LogP contribution in [0.3, 0.4) is 0 Å². The fourth-order valence-corrected chi connectivity index (χ4v) is 2.90. The average Bonchev–Trinajstić information content (AvgIpc) is 2.98. The Hall–Kier alpha value is -1.42. The highest BCUT2D eigenvalue weighted by Crippen LogP contribution is 2.11. The first-order chi connectivity index (χ1) is 11.6. The Labute approximate surface area is 171 Å². The van der Waals surface area contributed by atoms with Crippen molar-refractivity contribution in [3.63, 3.8) is 0 Å². The molecule has 0 saturated carbocycles. The Balaban J connectivity index is 0.00000312. The van der Waals surface area contributed by atoms with E-state index in [1.54, 1.807) is 11.3 Å². The number of pyridine rings is 1. The number of nitrogens with zero attached hydrogens (tertiary/aromatic N) is 4. The zero-order chi connectivity index (χ0) is 17.4. The molecule has 8 heteroatoms. The van der Waals surface area contributed by atoms with Crippen LogP contribution in [0, 0.1) is 6.92 Å². The van der Waals surface area contributed by atoms with Gasteiger partial charge in [0.2, 0.25) is 0 Å². The van der Waals surface area contributed by atoms with Gasteiger partial charge in [0.05, 0.1) is 17.2 Å². The van der Waals surface area contributed by atoms with Crippen molar-refractivity contribution in [2.24, 2.45) is 4.99 Å². The zero-order valence-electron chi connectivity index (χ0n) is 15.2. The van der Waals surface area contributed by atoms with Crippen LogP contribution < -0.4 is 15.5 Å². The minimum absolute atomic E-state index is 0. The highest BCUT2D eigenvalue weighted by atomic mass is 127. The summed E-state index contributed by atoms with van der Waals surface area (Å²) in [7, 11) is 3.97. The largest absolute Gasteiger partial charge is 0.363 e. The molecule has 0 unspecified atom stereocenters. The molecule has 0 atom stereocenters. The normalized spacial score (nSPS) is 11.0. The van der Waals surface area contributed by atoms with E-state index in [0.29, 0.717) is 6.54 Å². The molecule has 2 N–H and O–H groups in total. The number of hydrogen-bond donors (Lipinski definition) is 2. The van der Waals surface area contributed by atoms with Gasteiger partial charge in [0, 0.05) is 44.7 Å². The van der Waals surface area contributed by atoms with E-state index >= 15 is 0 Å². The topological polar surface area (TPSA) is 65.4 Å². The molecule has 0 radical (unpaired) electrons. The molecule has 25 heavy (non-hydrogen) atoms. The van der Waals surface area contributed by atoms with E-state index in [-0.39, 0.29) is 24.0 Å². The maximum atomic E-state index is 4.62. The highest BCUT2D eigenvalue weighted by molar-refractivity contribution is 14.0. The summed E-state index contributed by atoms with van der Waals surface area (Å²) in [5.74, 6) is 1.75. The molecule has 0 bridgehead atoms. The molecule has 0 saturated heterocycles. The molecule has 0 spiro atoms. The fraction of sp³-hybridized carbons (Fsp3) is 0.471. The lowest BCUT2D eigenvalue weighted by atomic mass is 10.3. The van der Waals surface area contributed by atoms with Gasteiger partial charge in [0.1, 0.15) is 5.82 Å². The Morgan fingerprint density at radius 1 is 1.28 bits per heavy atom.